The number of rotatable bonds is 4. The van der Waals surface area contributed by atoms with Gasteiger partial charge in [0, 0.05) is 32.7 Å². The van der Waals surface area contributed by atoms with Crippen LogP contribution in [0.4, 0.5) is 5.82 Å². The van der Waals surface area contributed by atoms with Crippen molar-refractivity contribution in [1.29, 1.82) is 0 Å². The second-order valence-electron chi connectivity index (χ2n) is 7.63. The van der Waals surface area contributed by atoms with Crippen LogP contribution in [0.15, 0.2) is 49.0 Å². The van der Waals surface area contributed by atoms with E-state index in [-0.39, 0.29) is 0 Å². The van der Waals surface area contributed by atoms with Crippen LogP contribution in [0.25, 0.3) is 5.70 Å². The number of nitrogens with zero attached hydrogens (tertiary/aromatic N) is 3. The molecule has 4 rings (SSSR count). The Labute approximate surface area is 162 Å². The van der Waals surface area contributed by atoms with Crippen LogP contribution in [0.1, 0.15) is 42.1 Å². The lowest BCUT2D eigenvalue weighted by Gasteiger charge is -2.39. The summed E-state index contributed by atoms with van der Waals surface area (Å²) in [6.07, 6.45) is 3.68. The molecule has 4 heteroatoms. The molecular formula is C23H30N4. The molecule has 1 aromatic heterocycles. The van der Waals surface area contributed by atoms with Crippen molar-refractivity contribution in [2.75, 3.05) is 37.6 Å². The molecule has 27 heavy (non-hydrogen) atoms. The van der Waals surface area contributed by atoms with Gasteiger partial charge in [0.15, 0.2) is 0 Å². The molecule has 2 saturated heterocycles. The monoisotopic (exact) mass is 362 g/mol. The van der Waals surface area contributed by atoms with E-state index in [0.717, 1.165) is 49.9 Å². The van der Waals surface area contributed by atoms with Gasteiger partial charge >= 0.3 is 0 Å². The Morgan fingerprint density at radius 3 is 2.67 bits per heavy atom. The first kappa shape index (κ1) is 18.1. The molecule has 0 bridgehead atoms. The molecule has 1 N–H and O–H groups in total. The number of benzene rings is 1. The van der Waals surface area contributed by atoms with Gasteiger partial charge in [-0.3, -0.25) is 0 Å². The first-order valence-corrected chi connectivity index (χ1v) is 10.2. The van der Waals surface area contributed by atoms with Crippen molar-refractivity contribution in [3.8, 4) is 0 Å². The molecular weight excluding hydrogens is 332 g/mol. The molecule has 2 aliphatic rings. The third-order valence-corrected chi connectivity index (χ3v) is 5.87. The van der Waals surface area contributed by atoms with Crippen LogP contribution < -0.4 is 10.2 Å². The van der Waals surface area contributed by atoms with E-state index in [2.05, 4.69) is 71.1 Å². The van der Waals surface area contributed by atoms with Crippen molar-refractivity contribution in [1.82, 2.24) is 15.2 Å². The summed E-state index contributed by atoms with van der Waals surface area (Å²) in [4.78, 5) is 9.82. The topological polar surface area (TPSA) is 31.4 Å². The number of likely N-dealkylation sites (tertiary alicyclic amines) is 1. The van der Waals surface area contributed by atoms with Gasteiger partial charge in [0.1, 0.15) is 5.82 Å². The molecule has 1 atom stereocenters. The van der Waals surface area contributed by atoms with E-state index in [0.29, 0.717) is 6.04 Å². The number of anilines is 1. The first-order valence-electron chi connectivity index (χ1n) is 10.2. The third-order valence-electron chi connectivity index (χ3n) is 5.87. The quantitative estimate of drug-likeness (QED) is 0.891. The summed E-state index contributed by atoms with van der Waals surface area (Å²) in [5.74, 6) is 1.07. The number of hydrogen-bond acceptors (Lipinski definition) is 4. The Morgan fingerprint density at radius 2 is 1.85 bits per heavy atom. The summed E-state index contributed by atoms with van der Waals surface area (Å²) < 4.78 is 0. The zero-order chi connectivity index (χ0) is 18.6. The Hall–Kier alpha value is -2.33. The summed E-state index contributed by atoms with van der Waals surface area (Å²) in [5.41, 5.74) is 4.85. The summed E-state index contributed by atoms with van der Waals surface area (Å²) in [6.45, 7) is 11.8. The van der Waals surface area contributed by atoms with Crippen LogP contribution in [-0.2, 0) is 0 Å². The number of piperidine rings is 1. The molecule has 2 aromatic rings. The number of hydrogen-bond donors (Lipinski definition) is 1. The van der Waals surface area contributed by atoms with E-state index < -0.39 is 0 Å². The number of nitrogens with one attached hydrogen (secondary N) is 1. The van der Waals surface area contributed by atoms with Crippen LogP contribution >= 0.6 is 0 Å². The van der Waals surface area contributed by atoms with Gasteiger partial charge in [0.05, 0.1) is 17.4 Å². The highest BCUT2D eigenvalue weighted by Crippen LogP contribution is 2.37. The second kappa shape index (κ2) is 8.13. The van der Waals surface area contributed by atoms with Crippen molar-refractivity contribution >= 4 is 11.5 Å². The summed E-state index contributed by atoms with van der Waals surface area (Å²) >= 11 is 0. The van der Waals surface area contributed by atoms with Gasteiger partial charge in [-0.15, -0.1) is 0 Å². The number of aromatic nitrogens is 1. The predicted molar refractivity (Wildman–Crippen MR) is 113 cm³/mol. The zero-order valence-electron chi connectivity index (χ0n) is 16.3. The highest BCUT2D eigenvalue weighted by molar-refractivity contribution is 5.61. The molecule has 1 unspecified atom stereocenters. The molecule has 142 valence electrons. The lowest BCUT2D eigenvalue weighted by atomic mass is 9.91. The summed E-state index contributed by atoms with van der Waals surface area (Å²) in [6, 6.07) is 15.5. The normalized spacial score (nSPS) is 20.6. The van der Waals surface area contributed by atoms with E-state index in [1.807, 2.05) is 0 Å². The first-order chi connectivity index (χ1) is 13.2. The highest BCUT2D eigenvalue weighted by atomic mass is 15.2. The van der Waals surface area contributed by atoms with E-state index in [1.165, 1.54) is 30.4 Å². The van der Waals surface area contributed by atoms with Gasteiger partial charge in [-0.25, -0.2) is 4.98 Å². The largest absolute Gasteiger partial charge is 0.363 e. The second-order valence-corrected chi connectivity index (χ2v) is 7.63. The standard InChI is InChI=1S/C23H30N4/c1-18-8-3-4-9-20(18)22-11-5-6-15-27(22)19(2)21-10-7-12-23(25-21)26-16-13-24-14-17-26/h3-4,7-10,12,22,24H,2,5-6,11,13-17H2,1H3. The minimum absolute atomic E-state index is 0.400. The highest BCUT2D eigenvalue weighted by Gasteiger charge is 2.27. The maximum Gasteiger partial charge on any atom is 0.129 e. The average molecular weight is 363 g/mol. The molecule has 0 amide bonds. The minimum atomic E-state index is 0.400. The molecule has 3 heterocycles. The fourth-order valence-corrected chi connectivity index (χ4v) is 4.34. The maximum atomic E-state index is 4.98. The lowest BCUT2D eigenvalue weighted by Crippen LogP contribution is -2.44. The van der Waals surface area contributed by atoms with Gasteiger partial charge in [-0.2, -0.15) is 0 Å². The zero-order valence-corrected chi connectivity index (χ0v) is 16.3. The SMILES string of the molecule is C=C(c1cccc(N2CCNCC2)n1)N1CCCCC1c1ccccc1C. The van der Waals surface area contributed by atoms with E-state index in [9.17, 15) is 0 Å². The minimum Gasteiger partial charge on any atom is -0.363 e. The van der Waals surface area contributed by atoms with E-state index >= 15 is 0 Å². The third kappa shape index (κ3) is 3.86. The van der Waals surface area contributed by atoms with Crippen molar-refractivity contribution in [3.63, 3.8) is 0 Å². The Kier molecular flexibility index (Phi) is 5.44. The maximum absolute atomic E-state index is 4.98. The van der Waals surface area contributed by atoms with Gasteiger partial charge < -0.3 is 15.1 Å². The summed E-state index contributed by atoms with van der Waals surface area (Å²) in [5, 5.41) is 3.41. The number of aryl methyl sites for hydroxylation is 1. The van der Waals surface area contributed by atoms with Crippen molar-refractivity contribution in [2.45, 2.75) is 32.2 Å². The van der Waals surface area contributed by atoms with Crippen LogP contribution in [0.5, 0.6) is 0 Å². The predicted octanol–water partition coefficient (Wildman–Crippen LogP) is 4.00. The Bertz CT molecular complexity index is 794. The average Bonchev–Trinajstić information content (AvgIpc) is 2.74. The lowest BCUT2D eigenvalue weighted by molar-refractivity contribution is 0.229. The Morgan fingerprint density at radius 1 is 1.04 bits per heavy atom. The van der Waals surface area contributed by atoms with Crippen molar-refractivity contribution in [3.05, 3.63) is 65.9 Å². The molecule has 2 aliphatic heterocycles. The summed E-state index contributed by atoms with van der Waals surface area (Å²) in [7, 11) is 0. The van der Waals surface area contributed by atoms with E-state index in [1.54, 1.807) is 0 Å². The fourth-order valence-electron chi connectivity index (χ4n) is 4.34. The van der Waals surface area contributed by atoms with Crippen molar-refractivity contribution < 1.29 is 0 Å². The molecule has 0 aliphatic carbocycles. The Balaban J connectivity index is 1.59. The molecule has 4 nitrogen and oxygen atoms in total. The van der Waals surface area contributed by atoms with Crippen LogP contribution in [0.2, 0.25) is 0 Å². The van der Waals surface area contributed by atoms with Gasteiger partial charge in [-0.1, -0.05) is 36.9 Å². The van der Waals surface area contributed by atoms with Crippen LogP contribution in [0, 0.1) is 6.92 Å². The molecule has 0 spiro atoms. The van der Waals surface area contributed by atoms with Crippen LogP contribution in [0.3, 0.4) is 0 Å². The van der Waals surface area contributed by atoms with Gasteiger partial charge in [0.2, 0.25) is 0 Å². The molecule has 1 aromatic carbocycles. The molecule has 0 radical (unpaired) electrons. The van der Waals surface area contributed by atoms with E-state index in [4.69, 9.17) is 4.98 Å². The van der Waals surface area contributed by atoms with Gasteiger partial charge in [0.25, 0.3) is 0 Å². The van der Waals surface area contributed by atoms with Crippen LogP contribution in [-0.4, -0.2) is 42.6 Å². The fraction of sp³-hybridized carbons (Fsp3) is 0.435. The number of piperazine rings is 1. The molecule has 0 saturated carbocycles. The smallest absolute Gasteiger partial charge is 0.129 e. The van der Waals surface area contributed by atoms with Gasteiger partial charge in [-0.05, 0) is 49.4 Å². The number of pyridine rings is 1. The molecule has 2 fully saturated rings. The van der Waals surface area contributed by atoms with Crippen molar-refractivity contribution in [2.24, 2.45) is 0 Å².